The van der Waals surface area contributed by atoms with Crippen LogP contribution in [0.25, 0.3) is 0 Å². The van der Waals surface area contributed by atoms with Crippen molar-refractivity contribution in [2.45, 2.75) is 50.7 Å². The summed E-state index contributed by atoms with van der Waals surface area (Å²) in [6.07, 6.45) is 3.74. The van der Waals surface area contributed by atoms with Crippen LogP contribution < -0.4 is 10.6 Å². The van der Waals surface area contributed by atoms with Gasteiger partial charge in [0.05, 0.1) is 5.54 Å². The van der Waals surface area contributed by atoms with Crippen molar-refractivity contribution in [1.82, 2.24) is 4.90 Å². The van der Waals surface area contributed by atoms with E-state index in [-0.39, 0.29) is 11.4 Å². The van der Waals surface area contributed by atoms with E-state index in [1.165, 1.54) is 12.8 Å². The number of hydrogen-bond donors (Lipinski definition) is 1. The van der Waals surface area contributed by atoms with E-state index in [1.54, 1.807) is 12.1 Å². The molecule has 0 bridgehead atoms. The van der Waals surface area contributed by atoms with Gasteiger partial charge in [-0.15, -0.1) is 0 Å². The number of nitrogens with zero attached hydrogens (tertiary/aromatic N) is 2. The maximum absolute atomic E-state index is 13.2. The van der Waals surface area contributed by atoms with Crippen molar-refractivity contribution < 1.29 is 4.39 Å². The lowest BCUT2D eigenvalue weighted by atomic mass is 9.93. The first-order valence-electron chi connectivity index (χ1n) is 8.08. The topological polar surface area (TPSA) is 32.5 Å². The zero-order chi connectivity index (χ0) is 15.0. The van der Waals surface area contributed by atoms with E-state index in [4.69, 9.17) is 5.73 Å². The Kier molecular flexibility index (Phi) is 3.93. The van der Waals surface area contributed by atoms with Gasteiger partial charge in [-0.1, -0.05) is 0 Å². The molecule has 1 saturated heterocycles. The fraction of sp³-hybridized carbons (Fsp3) is 0.647. The first-order chi connectivity index (χ1) is 10.1. The number of likely N-dealkylation sites (N-methyl/N-ethyl adjacent to an activating group) is 1. The van der Waals surface area contributed by atoms with Crippen LogP contribution in [0.5, 0.6) is 0 Å². The summed E-state index contributed by atoms with van der Waals surface area (Å²) in [6, 6.07) is 8.18. The molecule has 0 amide bonds. The van der Waals surface area contributed by atoms with Gasteiger partial charge in [0.1, 0.15) is 5.82 Å². The third kappa shape index (κ3) is 2.67. The highest BCUT2D eigenvalue weighted by molar-refractivity contribution is 5.50. The van der Waals surface area contributed by atoms with Crippen LogP contribution in [0, 0.1) is 5.82 Å². The summed E-state index contributed by atoms with van der Waals surface area (Å²) in [4.78, 5) is 5.00. The molecule has 2 unspecified atom stereocenters. The molecular weight excluding hydrogens is 265 g/mol. The molecule has 0 spiro atoms. The summed E-state index contributed by atoms with van der Waals surface area (Å²) in [5.74, 6) is -0.184. The third-order valence-corrected chi connectivity index (χ3v) is 5.14. The van der Waals surface area contributed by atoms with Gasteiger partial charge in [-0.25, -0.2) is 4.39 Å². The average molecular weight is 291 g/mol. The Bertz CT molecular complexity index is 485. The van der Waals surface area contributed by atoms with Crippen LogP contribution in [-0.4, -0.2) is 42.2 Å². The lowest BCUT2D eigenvalue weighted by Gasteiger charge is -2.42. The minimum Gasteiger partial charge on any atom is -0.363 e. The Balaban J connectivity index is 1.87. The van der Waals surface area contributed by atoms with Crippen LogP contribution in [0.2, 0.25) is 0 Å². The SMILES string of the molecule is CCN(c1ccc(F)cc1)C1(CN)CC(C)N(C2CC2)C1. The predicted molar refractivity (Wildman–Crippen MR) is 85.0 cm³/mol. The van der Waals surface area contributed by atoms with Gasteiger partial charge in [0.2, 0.25) is 0 Å². The van der Waals surface area contributed by atoms with E-state index in [1.807, 2.05) is 12.1 Å². The van der Waals surface area contributed by atoms with Crippen LogP contribution in [0.4, 0.5) is 10.1 Å². The summed E-state index contributed by atoms with van der Waals surface area (Å²) < 4.78 is 13.2. The summed E-state index contributed by atoms with van der Waals surface area (Å²) in [7, 11) is 0. The largest absolute Gasteiger partial charge is 0.363 e. The zero-order valence-corrected chi connectivity index (χ0v) is 13.1. The van der Waals surface area contributed by atoms with Crippen molar-refractivity contribution in [2.24, 2.45) is 5.73 Å². The molecule has 1 aliphatic heterocycles. The molecule has 0 aromatic heterocycles. The molecule has 116 valence electrons. The molecule has 2 N–H and O–H groups in total. The fourth-order valence-corrected chi connectivity index (χ4v) is 3.99. The molecule has 4 heteroatoms. The summed E-state index contributed by atoms with van der Waals surface area (Å²) in [6.45, 7) is 7.04. The lowest BCUT2D eigenvalue weighted by molar-refractivity contribution is 0.248. The molecule has 1 heterocycles. The molecule has 1 saturated carbocycles. The van der Waals surface area contributed by atoms with E-state index in [2.05, 4.69) is 23.6 Å². The van der Waals surface area contributed by atoms with Gasteiger partial charge in [0.25, 0.3) is 0 Å². The molecule has 2 fully saturated rings. The molecule has 1 aliphatic carbocycles. The molecular formula is C17H26FN3. The summed E-state index contributed by atoms with van der Waals surface area (Å²) in [5, 5.41) is 0. The van der Waals surface area contributed by atoms with Crippen LogP contribution in [-0.2, 0) is 0 Å². The van der Waals surface area contributed by atoms with Crippen LogP contribution >= 0.6 is 0 Å². The van der Waals surface area contributed by atoms with Crippen molar-refractivity contribution in [1.29, 1.82) is 0 Å². The number of anilines is 1. The van der Waals surface area contributed by atoms with Gasteiger partial charge in [0.15, 0.2) is 0 Å². The van der Waals surface area contributed by atoms with Crippen LogP contribution in [0.1, 0.15) is 33.1 Å². The van der Waals surface area contributed by atoms with E-state index in [9.17, 15) is 4.39 Å². The Labute approximate surface area is 126 Å². The Morgan fingerprint density at radius 2 is 2.00 bits per heavy atom. The summed E-state index contributed by atoms with van der Waals surface area (Å²) in [5.41, 5.74) is 7.27. The normalized spacial score (nSPS) is 29.8. The average Bonchev–Trinajstić information content (AvgIpc) is 3.26. The molecule has 0 radical (unpaired) electrons. The quantitative estimate of drug-likeness (QED) is 0.905. The minimum absolute atomic E-state index is 0.0193. The van der Waals surface area contributed by atoms with Gasteiger partial charge in [-0.2, -0.15) is 0 Å². The van der Waals surface area contributed by atoms with Crippen molar-refractivity contribution in [2.75, 3.05) is 24.5 Å². The Morgan fingerprint density at radius 1 is 1.33 bits per heavy atom. The van der Waals surface area contributed by atoms with Crippen molar-refractivity contribution in [3.05, 3.63) is 30.1 Å². The maximum Gasteiger partial charge on any atom is 0.123 e. The number of hydrogen-bond acceptors (Lipinski definition) is 3. The Hall–Kier alpha value is -1.13. The number of halogens is 1. The Morgan fingerprint density at radius 3 is 2.52 bits per heavy atom. The third-order valence-electron chi connectivity index (χ3n) is 5.14. The van der Waals surface area contributed by atoms with E-state index in [0.717, 1.165) is 31.2 Å². The predicted octanol–water partition coefficient (Wildman–Crippen LogP) is 2.61. The monoisotopic (exact) mass is 291 g/mol. The summed E-state index contributed by atoms with van der Waals surface area (Å²) >= 11 is 0. The minimum atomic E-state index is -0.184. The lowest BCUT2D eigenvalue weighted by Crippen LogP contribution is -2.56. The van der Waals surface area contributed by atoms with Crippen molar-refractivity contribution in [3.8, 4) is 0 Å². The standard InChI is InChI=1S/C17H26FN3/c1-3-21(16-6-4-14(18)5-7-16)17(11-19)10-13(2)20(12-17)15-8-9-15/h4-7,13,15H,3,8-12,19H2,1-2H3. The second kappa shape index (κ2) is 5.58. The number of likely N-dealkylation sites (tertiary alicyclic amines) is 1. The van der Waals surface area contributed by atoms with E-state index < -0.39 is 0 Å². The second-order valence-electron chi connectivity index (χ2n) is 6.61. The second-order valence-corrected chi connectivity index (χ2v) is 6.61. The molecule has 3 nitrogen and oxygen atoms in total. The van der Waals surface area contributed by atoms with Crippen LogP contribution in [0.3, 0.4) is 0 Å². The van der Waals surface area contributed by atoms with Gasteiger partial charge in [0, 0.05) is 37.4 Å². The smallest absolute Gasteiger partial charge is 0.123 e. The number of benzene rings is 1. The van der Waals surface area contributed by atoms with Crippen molar-refractivity contribution in [3.63, 3.8) is 0 Å². The van der Waals surface area contributed by atoms with Gasteiger partial charge < -0.3 is 10.6 Å². The van der Waals surface area contributed by atoms with E-state index >= 15 is 0 Å². The number of nitrogens with two attached hydrogens (primary N) is 1. The van der Waals surface area contributed by atoms with Gasteiger partial charge >= 0.3 is 0 Å². The zero-order valence-electron chi connectivity index (χ0n) is 13.1. The maximum atomic E-state index is 13.2. The number of rotatable bonds is 5. The molecule has 21 heavy (non-hydrogen) atoms. The molecule has 2 aliphatic rings. The molecule has 3 rings (SSSR count). The first-order valence-corrected chi connectivity index (χ1v) is 8.08. The highest BCUT2D eigenvalue weighted by Crippen LogP contribution is 2.40. The molecule has 2 atom stereocenters. The highest BCUT2D eigenvalue weighted by atomic mass is 19.1. The first kappa shape index (κ1) is 14.8. The molecule has 1 aromatic carbocycles. The fourth-order valence-electron chi connectivity index (χ4n) is 3.99. The van der Waals surface area contributed by atoms with Gasteiger partial charge in [-0.05, 0) is 57.4 Å². The van der Waals surface area contributed by atoms with Gasteiger partial charge in [-0.3, -0.25) is 4.90 Å². The molecule has 1 aromatic rings. The van der Waals surface area contributed by atoms with Crippen molar-refractivity contribution >= 4 is 5.69 Å². The van der Waals surface area contributed by atoms with E-state index in [0.29, 0.717) is 12.6 Å². The van der Waals surface area contributed by atoms with Crippen LogP contribution in [0.15, 0.2) is 24.3 Å². The highest BCUT2D eigenvalue weighted by Gasteiger charge is 2.49.